The average Bonchev–Trinajstić information content (AvgIpc) is 2.87. The van der Waals surface area contributed by atoms with Crippen LogP contribution in [-0.2, 0) is 4.79 Å². The van der Waals surface area contributed by atoms with Gasteiger partial charge < -0.3 is 15.0 Å². The van der Waals surface area contributed by atoms with Crippen molar-refractivity contribution in [1.82, 2.24) is 10.2 Å². The summed E-state index contributed by atoms with van der Waals surface area (Å²) < 4.78 is 5.38. The second-order valence-electron chi connectivity index (χ2n) is 5.76. The van der Waals surface area contributed by atoms with Crippen LogP contribution in [0.2, 0.25) is 5.02 Å². The van der Waals surface area contributed by atoms with E-state index in [9.17, 15) is 9.59 Å². The number of halogens is 1. The highest BCUT2D eigenvalue weighted by molar-refractivity contribution is 6.32. The fourth-order valence-corrected chi connectivity index (χ4v) is 3.42. The van der Waals surface area contributed by atoms with Gasteiger partial charge in [-0.2, -0.15) is 0 Å². The van der Waals surface area contributed by atoms with Gasteiger partial charge in [0, 0.05) is 31.1 Å². The van der Waals surface area contributed by atoms with Crippen LogP contribution < -0.4 is 10.1 Å². The molecule has 118 valence electrons. The van der Waals surface area contributed by atoms with Gasteiger partial charge in [0.2, 0.25) is 5.91 Å². The summed E-state index contributed by atoms with van der Waals surface area (Å²) in [6, 6.07) is 5.19. The molecule has 22 heavy (non-hydrogen) atoms. The molecule has 0 unspecified atom stereocenters. The van der Waals surface area contributed by atoms with Crippen molar-refractivity contribution in [2.45, 2.75) is 25.8 Å². The van der Waals surface area contributed by atoms with Crippen molar-refractivity contribution in [2.24, 2.45) is 5.92 Å². The summed E-state index contributed by atoms with van der Waals surface area (Å²) in [4.78, 5) is 25.8. The van der Waals surface area contributed by atoms with Gasteiger partial charge in [-0.25, -0.2) is 0 Å². The largest absolute Gasteiger partial charge is 0.492 e. The molecule has 1 aromatic carbocycles. The average molecular weight is 323 g/mol. The fraction of sp³-hybridized carbons (Fsp3) is 0.500. The smallest absolute Gasteiger partial charge is 0.253 e. The molecule has 2 fully saturated rings. The van der Waals surface area contributed by atoms with Gasteiger partial charge in [0.1, 0.15) is 5.75 Å². The molecule has 2 atom stereocenters. The van der Waals surface area contributed by atoms with Gasteiger partial charge in [-0.05, 0) is 37.5 Å². The Bertz CT molecular complexity index is 605. The van der Waals surface area contributed by atoms with Crippen molar-refractivity contribution in [3.63, 3.8) is 0 Å². The maximum atomic E-state index is 12.6. The quantitative estimate of drug-likeness (QED) is 0.927. The van der Waals surface area contributed by atoms with Crippen molar-refractivity contribution in [3.8, 4) is 5.75 Å². The maximum absolute atomic E-state index is 12.6. The van der Waals surface area contributed by atoms with Crippen LogP contribution in [0.3, 0.4) is 0 Å². The Labute approximate surface area is 134 Å². The van der Waals surface area contributed by atoms with Gasteiger partial charge in [-0.3, -0.25) is 9.59 Å². The Balaban J connectivity index is 1.71. The molecule has 1 N–H and O–H groups in total. The number of nitrogens with one attached hydrogen (secondary N) is 1. The van der Waals surface area contributed by atoms with Crippen LogP contribution in [0, 0.1) is 5.92 Å². The zero-order valence-electron chi connectivity index (χ0n) is 12.5. The van der Waals surface area contributed by atoms with Crippen molar-refractivity contribution >= 4 is 23.4 Å². The van der Waals surface area contributed by atoms with Crippen LogP contribution in [0.1, 0.15) is 30.1 Å². The number of ether oxygens (including phenoxy) is 1. The van der Waals surface area contributed by atoms with Gasteiger partial charge in [-0.15, -0.1) is 0 Å². The van der Waals surface area contributed by atoms with Gasteiger partial charge in [-0.1, -0.05) is 11.6 Å². The molecule has 2 heterocycles. The topological polar surface area (TPSA) is 58.6 Å². The second-order valence-corrected chi connectivity index (χ2v) is 6.16. The molecule has 2 saturated heterocycles. The van der Waals surface area contributed by atoms with Crippen LogP contribution in [0.4, 0.5) is 0 Å². The minimum Gasteiger partial charge on any atom is -0.492 e. The lowest BCUT2D eigenvalue weighted by Crippen LogP contribution is -2.49. The Hall–Kier alpha value is -1.75. The molecule has 0 radical (unpaired) electrons. The number of rotatable bonds is 3. The number of nitrogens with zero attached hydrogens (tertiary/aromatic N) is 1. The van der Waals surface area contributed by atoms with E-state index in [1.165, 1.54) is 0 Å². The minimum absolute atomic E-state index is 0.0513. The maximum Gasteiger partial charge on any atom is 0.253 e. The third-order valence-electron chi connectivity index (χ3n) is 4.32. The normalized spacial score (nSPS) is 23.9. The molecule has 0 spiro atoms. The number of piperidine rings is 1. The molecule has 0 saturated carbocycles. The van der Waals surface area contributed by atoms with E-state index in [0.717, 1.165) is 6.42 Å². The number of carbonyl (C=O) groups is 2. The first kappa shape index (κ1) is 15.2. The molecular weight excluding hydrogens is 304 g/mol. The van der Waals surface area contributed by atoms with Crippen molar-refractivity contribution < 1.29 is 14.3 Å². The number of hydrogen-bond acceptors (Lipinski definition) is 3. The van der Waals surface area contributed by atoms with Crippen LogP contribution in [0.15, 0.2) is 18.2 Å². The third kappa shape index (κ3) is 2.90. The van der Waals surface area contributed by atoms with Crippen LogP contribution in [0.25, 0.3) is 0 Å². The Morgan fingerprint density at radius 2 is 2.32 bits per heavy atom. The summed E-state index contributed by atoms with van der Waals surface area (Å²) in [6.45, 7) is 3.66. The van der Waals surface area contributed by atoms with E-state index in [-0.39, 0.29) is 17.9 Å². The molecule has 6 heteroatoms. The number of carbonyl (C=O) groups excluding carboxylic acids is 2. The second kappa shape index (κ2) is 6.16. The molecule has 2 amide bonds. The number of benzene rings is 1. The Morgan fingerprint density at radius 1 is 1.50 bits per heavy atom. The Morgan fingerprint density at radius 3 is 3.05 bits per heavy atom. The molecule has 2 aliphatic rings. The van der Waals surface area contributed by atoms with Gasteiger partial charge in [0.05, 0.1) is 11.6 Å². The third-order valence-corrected chi connectivity index (χ3v) is 4.61. The highest BCUT2D eigenvalue weighted by Gasteiger charge is 2.38. The lowest BCUT2D eigenvalue weighted by molar-refractivity contribution is -0.119. The number of likely N-dealkylation sites (tertiary alicyclic amines) is 1. The number of fused-ring (bicyclic) bond motifs is 1. The summed E-state index contributed by atoms with van der Waals surface area (Å²) >= 11 is 6.15. The first-order valence-electron chi connectivity index (χ1n) is 7.59. The monoisotopic (exact) mass is 322 g/mol. The molecular formula is C16H19ClN2O3. The molecule has 1 aromatic rings. The standard InChI is InChI=1S/C16H19ClN2O3/c1-2-22-14-4-3-11(7-12(14)17)16(21)19-6-5-10-8-15(20)18-13(10)9-19/h3-4,7,10,13H,2,5-6,8-9H2,1H3,(H,18,20)/t10-,13-/m1/s1. The summed E-state index contributed by atoms with van der Waals surface area (Å²) in [6.07, 6.45) is 1.45. The highest BCUT2D eigenvalue weighted by Crippen LogP contribution is 2.29. The molecule has 5 nitrogen and oxygen atoms in total. The SMILES string of the molecule is CCOc1ccc(C(=O)N2CC[C@@H]3CC(=O)N[C@@H]3C2)cc1Cl. The highest BCUT2D eigenvalue weighted by atomic mass is 35.5. The van der Waals surface area contributed by atoms with E-state index in [1.54, 1.807) is 23.1 Å². The summed E-state index contributed by atoms with van der Waals surface area (Å²) in [5.41, 5.74) is 0.552. The molecule has 0 aliphatic carbocycles. The zero-order chi connectivity index (χ0) is 15.7. The first-order chi connectivity index (χ1) is 10.6. The first-order valence-corrected chi connectivity index (χ1v) is 7.97. The molecule has 0 bridgehead atoms. The van der Waals surface area contributed by atoms with E-state index >= 15 is 0 Å². The predicted molar refractivity (Wildman–Crippen MR) is 83.2 cm³/mol. The summed E-state index contributed by atoms with van der Waals surface area (Å²) in [5, 5.41) is 3.39. The molecule has 0 aromatic heterocycles. The van der Waals surface area contributed by atoms with Crippen molar-refractivity contribution in [2.75, 3.05) is 19.7 Å². The number of hydrogen-bond donors (Lipinski definition) is 1. The van der Waals surface area contributed by atoms with E-state index in [0.29, 0.717) is 48.4 Å². The zero-order valence-corrected chi connectivity index (χ0v) is 13.2. The summed E-state index contributed by atoms with van der Waals surface area (Å²) in [7, 11) is 0. The van der Waals surface area contributed by atoms with Gasteiger partial charge >= 0.3 is 0 Å². The van der Waals surface area contributed by atoms with E-state index in [4.69, 9.17) is 16.3 Å². The summed E-state index contributed by atoms with van der Waals surface area (Å²) in [5.74, 6) is 0.987. The predicted octanol–water partition coefficient (Wildman–Crippen LogP) is 2.09. The van der Waals surface area contributed by atoms with Crippen LogP contribution >= 0.6 is 11.6 Å². The Kier molecular flexibility index (Phi) is 4.25. The van der Waals surface area contributed by atoms with Gasteiger partial charge in [0.15, 0.2) is 0 Å². The van der Waals surface area contributed by atoms with E-state index in [2.05, 4.69) is 5.32 Å². The van der Waals surface area contributed by atoms with Crippen molar-refractivity contribution in [3.05, 3.63) is 28.8 Å². The molecule has 2 aliphatic heterocycles. The van der Waals surface area contributed by atoms with E-state index < -0.39 is 0 Å². The van der Waals surface area contributed by atoms with Crippen LogP contribution in [0.5, 0.6) is 5.75 Å². The minimum atomic E-state index is -0.0513. The lowest BCUT2D eigenvalue weighted by atomic mass is 9.92. The van der Waals surface area contributed by atoms with Gasteiger partial charge in [0.25, 0.3) is 5.91 Å². The molecule has 3 rings (SSSR count). The fourth-order valence-electron chi connectivity index (χ4n) is 3.19. The van der Waals surface area contributed by atoms with E-state index in [1.807, 2.05) is 6.92 Å². The van der Waals surface area contributed by atoms with Crippen LogP contribution in [-0.4, -0.2) is 42.5 Å². The lowest BCUT2D eigenvalue weighted by Gasteiger charge is -2.34. The number of amides is 2. The van der Waals surface area contributed by atoms with Crippen molar-refractivity contribution in [1.29, 1.82) is 0 Å².